The summed E-state index contributed by atoms with van der Waals surface area (Å²) < 4.78 is 0. The Bertz CT molecular complexity index is 1750. The van der Waals surface area contributed by atoms with Gasteiger partial charge in [-0.3, -0.25) is 19.6 Å². The number of benzene rings is 2. The third-order valence-electron chi connectivity index (χ3n) is 11.0. The molecule has 4 rings (SSSR count). The molecule has 318 valence electrons. The molecule has 2 heterocycles. The minimum Gasteiger partial charge on any atom is -0.382 e. The number of fused-ring (bicyclic) bond motifs is 2. The number of anilines is 4. The molecule has 0 radical (unpaired) electrons. The maximum absolute atomic E-state index is 13.0. The minimum atomic E-state index is -0.0449. The van der Waals surface area contributed by atoms with Gasteiger partial charge in [-0.1, -0.05) is 76.6 Å². The van der Waals surface area contributed by atoms with Crippen LogP contribution in [0.1, 0.15) is 119 Å². The molecule has 4 aromatic rings. The summed E-state index contributed by atoms with van der Waals surface area (Å²) in [6, 6.07) is 11.9. The Morgan fingerprint density at radius 1 is 0.569 bits per heavy atom. The molecule has 2 aromatic heterocycles. The van der Waals surface area contributed by atoms with Crippen molar-refractivity contribution in [3.8, 4) is 0 Å². The lowest BCUT2D eigenvalue weighted by Gasteiger charge is -2.21. The maximum Gasteiger partial charge on any atom is 0.224 e. The number of nitrogens with zero attached hydrogens (tertiary/aromatic N) is 4. The van der Waals surface area contributed by atoms with Gasteiger partial charge in [0.2, 0.25) is 11.8 Å². The van der Waals surface area contributed by atoms with Crippen LogP contribution in [0.25, 0.3) is 21.8 Å². The normalized spacial score (nSPS) is 12.7. The molecule has 0 saturated carbocycles. The van der Waals surface area contributed by atoms with Gasteiger partial charge < -0.3 is 31.1 Å². The smallest absolute Gasteiger partial charge is 0.224 e. The van der Waals surface area contributed by atoms with Crippen molar-refractivity contribution in [3.05, 3.63) is 58.8 Å². The second-order valence-electron chi connectivity index (χ2n) is 15.6. The molecular formula is C46H68Cl2N8O2. The van der Waals surface area contributed by atoms with E-state index in [-0.39, 0.29) is 23.9 Å². The van der Waals surface area contributed by atoms with Crippen LogP contribution in [0.4, 0.5) is 22.7 Å². The number of hydrogen-bond donors (Lipinski definition) is 4. The highest BCUT2D eigenvalue weighted by Crippen LogP contribution is 2.33. The summed E-state index contributed by atoms with van der Waals surface area (Å²) in [6.07, 6.45) is 14.2. The second kappa shape index (κ2) is 25.0. The molecule has 0 spiro atoms. The highest BCUT2D eigenvalue weighted by atomic mass is 35.5. The first-order valence-corrected chi connectivity index (χ1v) is 22.5. The summed E-state index contributed by atoms with van der Waals surface area (Å²) in [5, 5.41) is 16.3. The van der Waals surface area contributed by atoms with E-state index in [0.717, 1.165) is 137 Å². The van der Waals surface area contributed by atoms with Crippen molar-refractivity contribution in [2.45, 2.75) is 131 Å². The van der Waals surface area contributed by atoms with Crippen LogP contribution in [0.5, 0.6) is 0 Å². The minimum absolute atomic E-state index is 0.0449. The van der Waals surface area contributed by atoms with E-state index in [1.807, 2.05) is 24.3 Å². The molecule has 0 aliphatic rings. The molecular weight excluding hydrogens is 767 g/mol. The van der Waals surface area contributed by atoms with Crippen LogP contribution < -0.4 is 21.3 Å². The van der Waals surface area contributed by atoms with Gasteiger partial charge in [-0.05, 0) is 128 Å². The van der Waals surface area contributed by atoms with Crippen LogP contribution in [-0.4, -0.2) is 82.9 Å². The molecule has 0 saturated heterocycles. The van der Waals surface area contributed by atoms with Crippen LogP contribution >= 0.6 is 23.2 Å². The Labute approximate surface area is 357 Å². The van der Waals surface area contributed by atoms with Gasteiger partial charge in [-0.15, -0.1) is 0 Å². The monoisotopic (exact) mass is 834 g/mol. The molecule has 12 heteroatoms. The van der Waals surface area contributed by atoms with Crippen LogP contribution in [0.15, 0.2) is 48.8 Å². The van der Waals surface area contributed by atoms with Crippen molar-refractivity contribution in [1.29, 1.82) is 0 Å². The average Bonchev–Trinajstić information content (AvgIpc) is 3.19. The quantitative estimate of drug-likeness (QED) is 0.0439. The van der Waals surface area contributed by atoms with Gasteiger partial charge in [0.15, 0.2) is 0 Å². The van der Waals surface area contributed by atoms with E-state index in [4.69, 9.17) is 23.2 Å². The molecule has 2 unspecified atom stereocenters. The van der Waals surface area contributed by atoms with E-state index < -0.39 is 0 Å². The fourth-order valence-electron chi connectivity index (χ4n) is 7.58. The number of aromatic nitrogens is 2. The Kier molecular flexibility index (Phi) is 20.3. The van der Waals surface area contributed by atoms with Crippen molar-refractivity contribution in [2.75, 3.05) is 60.5 Å². The first-order chi connectivity index (χ1) is 28.0. The first-order valence-electron chi connectivity index (χ1n) is 21.8. The molecule has 2 aromatic carbocycles. The van der Waals surface area contributed by atoms with Gasteiger partial charge in [0.05, 0.1) is 22.4 Å². The molecule has 2 amide bonds. The Balaban J connectivity index is 1.17. The van der Waals surface area contributed by atoms with Gasteiger partial charge in [0.25, 0.3) is 0 Å². The number of nitrogens with one attached hydrogen (secondary N) is 4. The predicted molar refractivity (Wildman–Crippen MR) is 248 cm³/mol. The summed E-state index contributed by atoms with van der Waals surface area (Å²) >= 11 is 13.1. The summed E-state index contributed by atoms with van der Waals surface area (Å²) in [5.41, 5.74) is 4.66. The summed E-state index contributed by atoms with van der Waals surface area (Å²) in [4.78, 5) is 40.1. The zero-order valence-corrected chi connectivity index (χ0v) is 37.4. The standard InChI is InChI=1S/C46H68Cl2N8O2/c1-7-55(8-2)27-17-19-33(5)51-39-23-25-49-45-37(39)29-35(47)31-41(45)53-43(57)21-15-13-11-12-14-16-22-44(58)54-42-32-36(48)30-38-40(24-26-50-46(38)42)52-34(6)20-18-28-56(9-3)10-4/h23-26,29-34H,7-22,27-28H2,1-6H3,(H,49,51)(H,50,52)(H,53,57)(H,54,58). The number of hydrogen-bond acceptors (Lipinski definition) is 8. The molecule has 58 heavy (non-hydrogen) atoms. The summed E-state index contributed by atoms with van der Waals surface area (Å²) in [6.45, 7) is 19.7. The third kappa shape index (κ3) is 15.2. The Morgan fingerprint density at radius 2 is 0.948 bits per heavy atom. The van der Waals surface area contributed by atoms with Gasteiger partial charge in [0, 0.05) is 69.5 Å². The highest BCUT2D eigenvalue weighted by molar-refractivity contribution is 6.32. The molecule has 10 nitrogen and oxygen atoms in total. The van der Waals surface area contributed by atoms with Crippen LogP contribution in [-0.2, 0) is 9.59 Å². The number of amides is 2. The van der Waals surface area contributed by atoms with Crippen molar-refractivity contribution in [1.82, 2.24) is 19.8 Å². The van der Waals surface area contributed by atoms with E-state index in [9.17, 15) is 9.59 Å². The van der Waals surface area contributed by atoms with E-state index in [0.29, 0.717) is 34.3 Å². The molecule has 2 atom stereocenters. The topological polar surface area (TPSA) is 115 Å². The molecule has 0 fully saturated rings. The predicted octanol–water partition coefficient (Wildman–Crippen LogP) is 11.6. The van der Waals surface area contributed by atoms with Crippen LogP contribution in [0, 0.1) is 0 Å². The second-order valence-corrected chi connectivity index (χ2v) is 16.4. The molecule has 0 aliphatic heterocycles. The van der Waals surface area contributed by atoms with E-state index in [1.165, 1.54) is 0 Å². The van der Waals surface area contributed by atoms with E-state index in [1.54, 1.807) is 24.5 Å². The first kappa shape index (κ1) is 47.0. The molecule has 0 aliphatic carbocycles. The third-order valence-corrected chi connectivity index (χ3v) is 11.5. The lowest BCUT2D eigenvalue weighted by atomic mass is 10.1. The largest absolute Gasteiger partial charge is 0.382 e. The summed E-state index contributed by atoms with van der Waals surface area (Å²) in [7, 11) is 0. The van der Waals surface area contributed by atoms with Crippen molar-refractivity contribution in [3.63, 3.8) is 0 Å². The van der Waals surface area contributed by atoms with Gasteiger partial charge in [-0.25, -0.2) is 0 Å². The van der Waals surface area contributed by atoms with E-state index in [2.05, 4.69) is 82.6 Å². The van der Waals surface area contributed by atoms with Gasteiger partial charge in [0.1, 0.15) is 0 Å². The molecule has 0 bridgehead atoms. The SMILES string of the molecule is CCN(CC)CCCC(C)Nc1ccnc2c(NC(=O)CCCCCCCCC(=O)Nc3cc(Cl)cc4c(NC(C)CCCN(CC)CC)ccnc34)cc(Cl)cc12. The average molecular weight is 836 g/mol. The lowest BCUT2D eigenvalue weighted by Crippen LogP contribution is -2.25. The number of pyridine rings is 2. The Hall–Kier alpha value is -3.70. The van der Waals surface area contributed by atoms with Gasteiger partial charge >= 0.3 is 0 Å². The van der Waals surface area contributed by atoms with Gasteiger partial charge in [-0.2, -0.15) is 0 Å². The number of carbonyl (C=O) groups excluding carboxylic acids is 2. The number of unbranched alkanes of at least 4 members (excludes halogenated alkanes) is 5. The zero-order chi connectivity index (χ0) is 41.9. The van der Waals surface area contributed by atoms with Crippen molar-refractivity contribution < 1.29 is 9.59 Å². The highest BCUT2D eigenvalue weighted by Gasteiger charge is 2.15. The van der Waals surface area contributed by atoms with E-state index >= 15 is 0 Å². The number of halogens is 2. The zero-order valence-electron chi connectivity index (χ0n) is 35.9. The number of rotatable bonds is 27. The Morgan fingerprint density at radius 3 is 1.33 bits per heavy atom. The summed E-state index contributed by atoms with van der Waals surface area (Å²) in [5.74, 6) is -0.0898. The van der Waals surface area contributed by atoms with Crippen molar-refractivity contribution in [2.24, 2.45) is 0 Å². The number of carbonyl (C=O) groups is 2. The van der Waals surface area contributed by atoms with Crippen LogP contribution in [0.2, 0.25) is 10.0 Å². The lowest BCUT2D eigenvalue weighted by molar-refractivity contribution is -0.117. The van der Waals surface area contributed by atoms with Crippen LogP contribution in [0.3, 0.4) is 0 Å². The van der Waals surface area contributed by atoms with Crippen molar-refractivity contribution >= 4 is 79.6 Å². The fourth-order valence-corrected chi connectivity index (χ4v) is 8.02. The fraction of sp³-hybridized carbons (Fsp3) is 0.565. The maximum atomic E-state index is 13.0. The molecule has 4 N–H and O–H groups in total.